The fourth-order valence-electron chi connectivity index (χ4n) is 3.58. The highest BCUT2D eigenvalue weighted by molar-refractivity contribution is 5.90. The van der Waals surface area contributed by atoms with Gasteiger partial charge in [-0.15, -0.1) is 0 Å². The SMILES string of the molecule is NCC(N)(c1[nH]nc2cccc(C(F)(F)F)c12)c1[nH]nc2cccc(C(F)(F)F)c12. The zero-order chi connectivity index (χ0) is 21.9. The summed E-state index contributed by atoms with van der Waals surface area (Å²) in [4.78, 5) is 0. The summed E-state index contributed by atoms with van der Waals surface area (Å²) in [5.41, 5.74) is 7.48. The second-order valence-corrected chi connectivity index (χ2v) is 6.77. The lowest BCUT2D eigenvalue weighted by Gasteiger charge is -2.27. The molecule has 0 radical (unpaired) electrons. The summed E-state index contributed by atoms with van der Waals surface area (Å²) in [7, 11) is 0. The lowest BCUT2D eigenvalue weighted by atomic mass is 9.86. The van der Waals surface area contributed by atoms with Crippen molar-refractivity contribution in [3.8, 4) is 0 Å². The number of hydrogen-bond donors (Lipinski definition) is 4. The van der Waals surface area contributed by atoms with Crippen molar-refractivity contribution >= 4 is 21.8 Å². The Balaban J connectivity index is 2.07. The maximum Gasteiger partial charge on any atom is 0.417 e. The molecule has 4 rings (SSSR count). The Morgan fingerprint density at radius 1 is 0.733 bits per heavy atom. The van der Waals surface area contributed by atoms with Gasteiger partial charge in [0.05, 0.1) is 33.5 Å². The third kappa shape index (κ3) is 2.91. The van der Waals surface area contributed by atoms with Crippen LogP contribution in [0.25, 0.3) is 21.8 Å². The number of halogens is 6. The molecule has 30 heavy (non-hydrogen) atoms. The van der Waals surface area contributed by atoms with E-state index < -0.39 is 35.6 Å². The summed E-state index contributed by atoms with van der Waals surface area (Å²) >= 11 is 0. The molecule has 2 heterocycles. The van der Waals surface area contributed by atoms with E-state index in [-0.39, 0.29) is 33.2 Å². The van der Waals surface area contributed by atoms with Crippen molar-refractivity contribution in [2.75, 3.05) is 6.54 Å². The van der Waals surface area contributed by atoms with Gasteiger partial charge in [0, 0.05) is 17.3 Å². The van der Waals surface area contributed by atoms with Crippen molar-refractivity contribution in [1.82, 2.24) is 20.4 Å². The van der Waals surface area contributed by atoms with Gasteiger partial charge in [0.1, 0.15) is 5.54 Å². The van der Waals surface area contributed by atoms with E-state index in [2.05, 4.69) is 20.4 Å². The summed E-state index contributed by atoms with van der Waals surface area (Å²) in [6, 6.07) is 6.67. The van der Waals surface area contributed by atoms with Gasteiger partial charge in [-0.1, -0.05) is 12.1 Å². The van der Waals surface area contributed by atoms with Crippen LogP contribution in [0.5, 0.6) is 0 Å². The first-order chi connectivity index (χ1) is 14.0. The Morgan fingerprint density at radius 3 is 1.47 bits per heavy atom. The molecule has 0 aliphatic carbocycles. The number of benzene rings is 2. The molecular formula is C18H14F6N6. The van der Waals surface area contributed by atoms with Crippen LogP contribution >= 0.6 is 0 Å². The van der Waals surface area contributed by atoms with Crippen molar-refractivity contribution in [3.05, 3.63) is 58.9 Å². The second-order valence-electron chi connectivity index (χ2n) is 6.77. The minimum absolute atomic E-state index is 0.0528. The molecule has 0 saturated carbocycles. The smallest absolute Gasteiger partial charge is 0.328 e. The maximum absolute atomic E-state index is 13.6. The van der Waals surface area contributed by atoms with E-state index >= 15 is 0 Å². The molecule has 0 aliphatic heterocycles. The molecule has 12 heteroatoms. The van der Waals surface area contributed by atoms with Gasteiger partial charge in [0.15, 0.2) is 0 Å². The first-order valence-electron chi connectivity index (χ1n) is 8.57. The van der Waals surface area contributed by atoms with Crippen molar-refractivity contribution < 1.29 is 26.3 Å². The minimum atomic E-state index is -4.75. The second kappa shape index (κ2) is 6.44. The molecule has 0 aliphatic rings. The van der Waals surface area contributed by atoms with Gasteiger partial charge < -0.3 is 11.5 Å². The van der Waals surface area contributed by atoms with Gasteiger partial charge in [0.25, 0.3) is 0 Å². The van der Waals surface area contributed by atoms with Crippen LogP contribution in [0.4, 0.5) is 26.3 Å². The Morgan fingerprint density at radius 2 is 1.13 bits per heavy atom. The number of H-pyrrole nitrogens is 2. The van der Waals surface area contributed by atoms with Crippen LogP contribution in [-0.4, -0.2) is 26.9 Å². The maximum atomic E-state index is 13.6. The molecule has 0 fully saturated rings. The summed E-state index contributed by atoms with van der Waals surface area (Å²) in [5.74, 6) is 0. The highest BCUT2D eigenvalue weighted by Crippen LogP contribution is 2.42. The Kier molecular flexibility index (Phi) is 4.33. The number of alkyl halides is 6. The molecule has 2 aromatic heterocycles. The third-order valence-electron chi connectivity index (χ3n) is 4.99. The predicted octanol–water partition coefficient (Wildman–Crippen LogP) is 3.64. The molecule has 0 bridgehead atoms. The van der Waals surface area contributed by atoms with Crippen LogP contribution in [0, 0.1) is 0 Å². The van der Waals surface area contributed by atoms with Gasteiger partial charge in [-0.25, -0.2) is 0 Å². The molecule has 6 N–H and O–H groups in total. The molecule has 158 valence electrons. The van der Waals surface area contributed by atoms with Crippen LogP contribution in [0.1, 0.15) is 22.5 Å². The van der Waals surface area contributed by atoms with Gasteiger partial charge in [0.2, 0.25) is 0 Å². The molecule has 0 atom stereocenters. The molecular weight excluding hydrogens is 414 g/mol. The number of hydrogen-bond acceptors (Lipinski definition) is 4. The van der Waals surface area contributed by atoms with Crippen LogP contribution in [-0.2, 0) is 17.9 Å². The molecule has 0 saturated heterocycles. The Labute approximate surface area is 164 Å². The van der Waals surface area contributed by atoms with Crippen molar-refractivity contribution in [2.45, 2.75) is 17.9 Å². The minimum Gasteiger partial charge on any atom is -0.328 e. The number of nitrogens with one attached hydrogen (secondary N) is 2. The molecule has 0 spiro atoms. The Bertz CT molecular complexity index is 1140. The average Bonchev–Trinajstić information content (AvgIpc) is 3.30. The number of rotatable bonds is 3. The van der Waals surface area contributed by atoms with Gasteiger partial charge in [-0.3, -0.25) is 10.2 Å². The summed E-state index contributed by atoms with van der Waals surface area (Å²) in [5, 5.41) is 11.9. The molecule has 6 nitrogen and oxygen atoms in total. The Hall–Kier alpha value is -3.12. The van der Waals surface area contributed by atoms with E-state index in [0.29, 0.717) is 0 Å². The quantitative estimate of drug-likeness (QED) is 0.374. The van der Waals surface area contributed by atoms with Crippen molar-refractivity contribution in [2.24, 2.45) is 11.5 Å². The highest BCUT2D eigenvalue weighted by Gasteiger charge is 2.43. The van der Waals surface area contributed by atoms with Crippen molar-refractivity contribution in [1.29, 1.82) is 0 Å². The molecule has 2 aromatic carbocycles. The van der Waals surface area contributed by atoms with E-state index in [1.165, 1.54) is 24.3 Å². The largest absolute Gasteiger partial charge is 0.417 e. The number of nitrogens with zero attached hydrogens (tertiary/aromatic N) is 2. The van der Waals surface area contributed by atoms with Crippen LogP contribution in [0.15, 0.2) is 36.4 Å². The van der Waals surface area contributed by atoms with Gasteiger partial charge in [-0.05, 0) is 24.3 Å². The standard InChI is InChI=1S/C18H14F6N6/c19-17(20,21)8-3-1-5-10-12(8)14(29-27-10)16(26,7-25)15-13-9(18(22,23)24)4-2-6-11(13)28-30-15/h1-6H,7,25-26H2,(H,27,29)(H,28,30). The van der Waals surface area contributed by atoms with Gasteiger partial charge >= 0.3 is 12.4 Å². The number of fused-ring (bicyclic) bond motifs is 2. The zero-order valence-corrected chi connectivity index (χ0v) is 15.0. The highest BCUT2D eigenvalue weighted by atomic mass is 19.4. The van der Waals surface area contributed by atoms with Crippen LogP contribution in [0.2, 0.25) is 0 Å². The van der Waals surface area contributed by atoms with Crippen LogP contribution < -0.4 is 11.5 Å². The zero-order valence-electron chi connectivity index (χ0n) is 15.0. The molecule has 4 aromatic rings. The lowest BCUT2D eigenvalue weighted by Crippen LogP contribution is -2.46. The number of aromatic nitrogens is 4. The van der Waals surface area contributed by atoms with Crippen molar-refractivity contribution in [3.63, 3.8) is 0 Å². The summed E-state index contributed by atoms with van der Waals surface area (Å²) in [6.45, 7) is -0.528. The summed E-state index contributed by atoms with van der Waals surface area (Å²) in [6.07, 6.45) is -9.50. The fourth-order valence-corrected chi connectivity index (χ4v) is 3.58. The van der Waals surface area contributed by atoms with E-state index in [9.17, 15) is 26.3 Å². The lowest BCUT2D eigenvalue weighted by molar-refractivity contribution is -0.137. The van der Waals surface area contributed by atoms with E-state index in [1.54, 1.807) is 0 Å². The first kappa shape index (κ1) is 20.2. The predicted molar refractivity (Wildman–Crippen MR) is 96.2 cm³/mol. The monoisotopic (exact) mass is 428 g/mol. The number of aromatic amines is 2. The topological polar surface area (TPSA) is 109 Å². The van der Waals surface area contributed by atoms with E-state index in [0.717, 1.165) is 12.1 Å². The third-order valence-corrected chi connectivity index (χ3v) is 4.99. The fraction of sp³-hybridized carbons (Fsp3) is 0.222. The van der Waals surface area contributed by atoms with Crippen LogP contribution in [0.3, 0.4) is 0 Å². The van der Waals surface area contributed by atoms with Gasteiger partial charge in [-0.2, -0.15) is 36.5 Å². The first-order valence-corrected chi connectivity index (χ1v) is 8.57. The average molecular weight is 428 g/mol. The molecule has 0 unspecified atom stereocenters. The van der Waals surface area contributed by atoms with E-state index in [1.807, 2.05) is 0 Å². The normalized spacial score (nSPS) is 13.5. The number of nitrogens with two attached hydrogens (primary N) is 2. The molecule has 0 amide bonds. The summed E-state index contributed by atoms with van der Waals surface area (Å²) < 4.78 is 81.6. The van der Waals surface area contributed by atoms with E-state index in [4.69, 9.17) is 11.5 Å².